The quantitative estimate of drug-likeness (QED) is 0.572. The first-order valence-electron chi connectivity index (χ1n) is 7.22. The van der Waals surface area contributed by atoms with Crippen molar-refractivity contribution >= 4 is 11.8 Å². The van der Waals surface area contributed by atoms with Crippen molar-refractivity contribution in [1.29, 1.82) is 0 Å². The second-order valence-corrected chi connectivity index (χ2v) is 5.93. The Morgan fingerprint density at radius 3 is 2.29 bits per heavy atom. The molecule has 0 radical (unpaired) electrons. The topological polar surface area (TPSA) is 46.6 Å². The molecule has 0 aromatic heterocycles. The van der Waals surface area contributed by atoms with Crippen LogP contribution in [0.5, 0.6) is 0 Å². The molecular weight excluding hydrogens is 266 g/mol. The fraction of sp³-hybridized carbons (Fsp3) is 0.529. The van der Waals surface area contributed by atoms with E-state index in [0.29, 0.717) is 6.54 Å². The third-order valence-corrected chi connectivity index (χ3v) is 3.47. The van der Waals surface area contributed by atoms with Gasteiger partial charge >= 0.3 is 5.97 Å². The monoisotopic (exact) mass is 291 g/mol. The van der Waals surface area contributed by atoms with E-state index in [1.165, 1.54) is 5.56 Å². The van der Waals surface area contributed by atoms with Crippen LogP contribution < -0.4 is 0 Å². The van der Waals surface area contributed by atoms with E-state index in [1.807, 2.05) is 43.1 Å². The van der Waals surface area contributed by atoms with Gasteiger partial charge in [-0.3, -0.25) is 14.5 Å². The number of carbonyl (C=O) groups excluding carboxylic acids is 2. The Kier molecular flexibility index (Phi) is 6.09. The second kappa shape index (κ2) is 7.36. The van der Waals surface area contributed by atoms with Gasteiger partial charge in [-0.1, -0.05) is 29.8 Å². The van der Waals surface area contributed by atoms with Crippen molar-refractivity contribution in [3.8, 4) is 0 Å². The lowest BCUT2D eigenvalue weighted by Crippen LogP contribution is -2.41. The molecule has 0 spiro atoms. The SMILES string of the molecule is CCOC(=O)C(C)(C)C(=O)CN(C)Cc1ccc(C)cc1. The number of hydrogen-bond donors (Lipinski definition) is 0. The molecular formula is C17H25NO3. The van der Waals surface area contributed by atoms with E-state index in [2.05, 4.69) is 0 Å². The zero-order chi connectivity index (χ0) is 16.0. The van der Waals surface area contributed by atoms with Crippen molar-refractivity contribution in [2.24, 2.45) is 5.41 Å². The van der Waals surface area contributed by atoms with Crippen LogP contribution in [0.4, 0.5) is 0 Å². The Labute approximate surface area is 127 Å². The summed E-state index contributed by atoms with van der Waals surface area (Å²) in [5, 5.41) is 0. The van der Waals surface area contributed by atoms with E-state index >= 15 is 0 Å². The number of benzene rings is 1. The average Bonchev–Trinajstić information content (AvgIpc) is 2.41. The molecule has 0 saturated heterocycles. The first kappa shape index (κ1) is 17.4. The van der Waals surface area contributed by atoms with Gasteiger partial charge in [0.1, 0.15) is 5.41 Å². The molecule has 21 heavy (non-hydrogen) atoms. The van der Waals surface area contributed by atoms with Gasteiger partial charge in [0.15, 0.2) is 5.78 Å². The summed E-state index contributed by atoms with van der Waals surface area (Å²) in [6.07, 6.45) is 0. The van der Waals surface area contributed by atoms with Crippen molar-refractivity contribution in [2.75, 3.05) is 20.2 Å². The Bertz CT molecular complexity index is 491. The highest BCUT2D eigenvalue weighted by Gasteiger charge is 2.37. The summed E-state index contributed by atoms with van der Waals surface area (Å²) in [5.41, 5.74) is 1.25. The van der Waals surface area contributed by atoms with Gasteiger partial charge in [-0.2, -0.15) is 0 Å². The Balaban J connectivity index is 2.61. The van der Waals surface area contributed by atoms with Gasteiger partial charge in [0, 0.05) is 6.54 Å². The first-order valence-corrected chi connectivity index (χ1v) is 7.22. The lowest BCUT2D eigenvalue weighted by molar-refractivity contribution is -0.158. The third kappa shape index (κ3) is 4.97. The summed E-state index contributed by atoms with van der Waals surface area (Å²) in [7, 11) is 1.87. The minimum Gasteiger partial charge on any atom is -0.465 e. The van der Waals surface area contributed by atoms with Crippen LogP contribution in [0.25, 0.3) is 0 Å². The van der Waals surface area contributed by atoms with Crippen LogP contribution in [0.3, 0.4) is 0 Å². The van der Waals surface area contributed by atoms with E-state index in [0.717, 1.165) is 5.56 Å². The van der Waals surface area contributed by atoms with Crippen LogP contribution in [0.2, 0.25) is 0 Å². The van der Waals surface area contributed by atoms with E-state index in [1.54, 1.807) is 20.8 Å². The summed E-state index contributed by atoms with van der Waals surface area (Å²) in [5.74, 6) is -0.589. The van der Waals surface area contributed by atoms with Gasteiger partial charge in [-0.15, -0.1) is 0 Å². The molecule has 0 bridgehead atoms. The number of esters is 1. The minimum absolute atomic E-state index is 0.129. The summed E-state index contributed by atoms with van der Waals surface area (Å²) < 4.78 is 4.96. The van der Waals surface area contributed by atoms with Gasteiger partial charge in [-0.05, 0) is 40.3 Å². The number of aryl methyl sites for hydroxylation is 1. The second-order valence-electron chi connectivity index (χ2n) is 5.93. The molecule has 0 unspecified atom stereocenters. The molecule has 0 N–H and O–H groups in total. The predicted molar refractivity (Wildman–Crippen MR) is 82.9 cm³/mol. The number of ether oxygens (including phenoxy) is 1. The van der Waals surface area contributed by atoms with Gasteiger partial charge in [-0.25, -0.2) is 0 Å². The van der Waals surface area contributed by atoms with Crippen LogP contribution in [-0.4, -0.2) is 36.9 Å². The predicted octanol–water partition coefficient (Wildman–Crippen LogP) is 2.59. The zero-order valence-corrected chi connectivity index (χ0v) is 13.6. The number of Topliss-reactive ketones (excluding diaryl/α,β-unsaturated/α-hetero) is 1. The maximum absolute atomic E-state index is 12.3. The number of ketones is 1. The highest BCUT2D eigenvalue weighted by Crippen LogP contribution is 2.19. The van der Waals surface area contributed by atoms with Crippen molar-refractivity contribution in [2.45, 2.75) is 34.2 Å². The van der Waals surface area contributed by atoms with Crippen molar-refractivity contribution in [3.05, 3.63) is 35.4 Å². The van der Waals surface area contributed by atoms with Crippen LogP contribution in [-0.2, 0) is 20.9 Å². The first-order chi connectivity index (χ1) is 9.77. The zero-order valence-electron chi connectivity index (χ0n) is 13.6. The number of rotatable bonds is 7. The molecule has 1 aromatic carbocycles. The molecule has 4 nitrogen and oxygen atoms in total. The number of carbonyl (C=O) groups is 2. The summed E-state index contributed by atoms with van der Waals surface area (Å²) >= 11 is 0. The van der Waals surface area contributed by atoms with E-state index in [4.69, 9.17) is 4.74 Å². The summed E-state index contributed by atoms with van der Waals surface area (Å²) in [6.45, 7) is 8.19. The lowest BCUT2D eigenvalue weighted by atomic mass is 9.88. The molecule has 1 rings (SSSR count). The molecule has 0 aliphatic rings. The number of nitrogens with zero attached hydrogens (tertiary/aromatic N) is 1. The molecule has 0 amide bonds. The molecule has 0 atom stereocenters. The molecule has 1 aromatic rings. The van der Waals surface area contributed by atoms with Crippen LogP contribution >= 0.6 is 0 Å². The fourth-order valence-electron chi connectivity index (χ4n) is 1.93. The standard InChI is InChI=1S/C17H25NO3/c1-6-21-16(20)17(3,4)15(19)12-18(5)11-14-9-7-13(2)8-10-14/h7-10H,6,11-12H2,1-5H3. The maximum Gasteiger partial charge on any atom is 0.319 e. The molecule has 0 aliphatic heterocycles. The maximum atomic E-state index is 12.3. The molecule has 0 aliphatic carbocycles. The highest BCUT2D eigenvalue weighted by atomic mass is 16.5. The van der Waals surface area contributed by atoms with Crippen molar-refractivity contribution in [3.63, 3.8) is 0 Å². The Morgan fingerprint density at radius 1 is 1.19 bits per heavy atom. The van der Waals surface area contributed by atoms with Gasteiger partial charge < -0.3 is 4.74 Å². The van der Waals surface area contributed by atoms with E-state index < -0.39 is 11.4 Å². The highest BCUT2D eigenvalue weighted by molar-refractivity contribution is 6.03. The van der Waals surface area contributed by atoms with Gasteiger partial charge in [0.2, 0.25) is 0 Å². The average molecular weight is 291 g/mol. The summed E-state index contributed by atoms with van der Waals surface area (Å²) in [4.78, 5) is 26.0. The van der Waals surface area contributed by atoms with Crippen LogP contribution in [0.15, 0.2) is 24.3 Å². The van der Waals surface area contributed by atoms with Gasteiger partial charge in [0.05, 0.1) is 13.2 Å². The molecule has 116 valence electrons. The minimum atomic E-state index is -1.10. The third-order valence-electron chi connectivity index (χ3n) is 3.47. The molecule has 0 heterocycles. The van der Waals surface area contributed by atoms with Crippen LogP contribution in [0.1, 0.15) is 31.9 Å². The normalized spacial score (nSPS) is 11.5. The van der Waals surface area contributed by atoms with Crippen LogP contribution in [0, 0.1) is 12.3 Å². The molecule has 0 saturated carbocycles. The Hall–Kier alpha value is -1.68. The van der Waals surface area contributed by atoms with Crippen molar-refractivity contribution in [1.82, 2.24) is 4.90 Å². The van der Waals surface area contributed by atoms with Crippen molar-refractivity contribution < 1.29 is 14.3 Å². The van der Waals surface area contributed by atoms with E-state index in [9.17, 15) is 9.59 Å². The number of hydrogen-bond acceptors (Lipinski definition) is 4. The van der Waals surface area contributed by atoms with E-state index in [-0.39, 0.29) is 18.9 Å². The fourth-order valence-corrected chi connectivity index (χ4v) is 1.93. The molecule has 4 heteroatoms. The van der Waals surface area contributed by atoms with Gasteiger partial charge in [0.25, 0.3) is 0 Å². The summed E-state index contributed by atoms with van der Waals surface area (Å²) in [6, 6.07) is 8.20. The Morgan fingerprint density at radius 2 is 1.76 bits per heavy atom. The lowest BCUT2D eigenvalue weighted by Gasteiger charge is -2.24. The smallest absolute Gasteiger partial charge is 0.319 e. The largest absolute Gasteiger partial charge is 0.465 e. The molecule has 0 fully saturated rings. The number of likely N-dealkylation sites (N-methyl/N-ethyl adjacent to an activating group) is 1.